The molecular weight excluding hydrogens is 276 g/mol. The second-order valence-electron chi connectivity index (χ2n) is 5.34. The van der Waals surface area contributed by atoms with E-state index in [-0.39, 0.29) is 12.5 Å². The van der Waals surface area contributed by atoms with E-state index in [2.05, 4.69) is 10.5 Å². The standard InChI is InChI=1S/C13H18N4O4/c1-7(14)9-4-11(21-10(9)6-18)17-5-8-2-3-20-16-12(8)15-13(17)19/h5,9-11,14,18H,2-4,6H2,1H3,(H,15,16,19)/t9-,10-,11-/m1/s1. The Labute approximate surface area is 121 Å². The molecule has 1 aromatic heterocycles. The molecule has 3 rings (SSSR count). The number of ether oxygens (including phenoxy) is 1. The second-order valence-corrected chi connectivity index (χ2v) is 5.34. The molecule has 8 heteroatoms. The van der Waals surface area contributed by atoms with Crippen LogP contribution in [0.25, 0.3) is 0 Å². The van der Waals surface area contributed by atoms with Gasteiger partial charge in [0.1, 0.15) is 6.23 Å². The predicted octanol–water partition coefficient (Wildman–Crippen LogP) is 0.0786. The number of aliphatic hydroxyl groups excluding tert-OH is 1. The van der Waals surface area contributed by atoms with Crippen molar-refractivity contribution in [2.75, 3.05) is 18.7 Å². The molecule has 0 amide bonds. The molecule has 0 radical (unpaired) electrons. The Hall–Kier alpha value is -1.77. The number of nitrogens with zero attached hydrogens (tertiary/aromatic N) is 2. The molecule has 0 saturated carbocycles. The Morgan fingerprint density at radius 1 is 1.67 bits per heavy atom. The van der Waals surface area contributed by atoms with E-state index in [1.165, 1.54) is 4.57 Å². The summed E-state index contributed by atoms with van der Waals surface area (Å²) in [4.78, 5) is 21.1. The van der Waals surface area contributed by atoms with Crippen LogP contribution < -0.4 is 11.2 Å². The highest BCUT2D eigenvalue weighted by molar-refractivity contribution is 5.82. The minimum absolute atomic E-state index is 0.167. The molecule has 2 aliphatic heterocycles. The summed E-state index contributed by atoms with van der Waals surface area (Å²) in [7, 11) is 0. The molecule has 1 saturated heterocycles. The average Bonchev–Trinajstić information content (AvgIpc) is 2.90. The van der Waals surface area contributed by atoms with Crippen LogP contribution in [0.2, 0.25) is 0 Å². The maximum Gasteiger partial charge on any atom is 0.351 e. The van der Waals surface area contributed by atoms with Crippen LogP contribution in [-0.4, -0.2) is 39.7 Å². The molecule has 3 atom stereocenters. The summed E-state index contributed by atoms with van der Waals surface area (Å²) in [5.74, 6) is 0.267. The van der Waals surface area contributed by atoms with Crippen molar-refractivity contribution < 1.29 is 14.7 Å². The summed E-state index contributed by atoms with van der Waals surface area (Å²) in [5.41, 5.74) is 3.53. The zero-order valence-corrected chi connectivity index (χ0v) is 11.7. The van der Waals surface area contributed by atoms with E-state index in [4.69, 9.17) is 15.0 Å². The Kier molecular flexibility index (Phi) is 3.75. The highest BCUT2D eigenvalue weighted by Crippen LogP contribution is 2.33. The second kappa shape index (κ2) is 5.55. The maximum absolute atomic E-state index is 12.1. The third-order valence-electron chi connectivity index (χ3n) is 3.95. The molecule has 2 aliphatic rings. The normalized spacial score (nSPS) is 28.0. The van der Waals surface area contributed by atoms with Gasteiger partial charge in [-0.2, -0.15) is 4.98 Å². The summed E-state index contributed by atoms with van der Waals surface area (Å²) in [6.45, 7) is 2.04. The van der Waals surface area contributed by atoms with Gasteiger partial charge in [-0.25, -0.2) is 10.3 Å². The lowest BCUT2D eigenvalue weighted by Gasteiger charge is -2.20. The van der Waals surface area contributed by atoms with Crippen molar-refractivity contribution >= 4 is 11.5 Å². The van der Waals surface area contributed by atoms with Crippen molar-refractivity contribution in [3.8, 4) is 0 Å². The fourth-order valence-electron chi connectivity index (χ4n) is 2.79. The van der Waals surface area contributed by atoms with Gasteiger partial charge in [-0.15, -0.1) is 0 Å². The van der Waals surface area contributed by atoms with E-state index in [1.54, 1.807) is 13.1 Å². The average molecular weight is 294 g/mol. The summed E-state index contributed by atoms with van der Waals surface area (Å²) >= 11 is 0. The topological polar surface area (TPSA) is 109 Å². The van der Waals surface area contributed by atoms with E-state index < -0.39 is 18.0 Å². The Bertz CT molecular complexity index is 615. The number of aromatic nitrogens is 2. The molecule has 21 heavy (non-hydrogen) atoms. The highest BCUT2D eigenvalue weighted by Gasteiger charge is 2.37. The van der Waals surface area contributed by atoms with Crippen molar-refractivity contribution in [1.82, 2.24) is 9.55 Å². The van der Waals surface area contributed by atoms with Gasteiger partial charge in [0.25, 0.3) is 0 Å². The number of aliphatic hydroxyl groups is 1. The zero-order chi connectivity index (χ0) is 15.0. The van der Waals surface area contributed by atoms with Crippen LogP contribution in [0, 0.1) is 11.3 Å². The SMILES string of the molecule is CC(=N)[C@H]1C[C@H](n2cc3c(nc2=O)NOCC3)O[C@@H]1CO. The van der Waals surface area contributed by atoms with Gasteiger partial charge in [0.15, 0.2) is 5.82 Å². The summed E-state index contributed by atoms with van der Waals surface area (Å²) < 4.78 is 7.16. The van der Waals surface area contributed by atoms with Crippen molar-refractivity contribution in [3.63, 3.8) is 0 Å². The predicted molar refractivity (Wildman–Crippen MR) is 74.3 cm³/mol. The number of rotatable bonds is 3. The molecule has 1 fully saturated rings. The largest absolute Gasteiger partial charge is 0.394 e. The van der Waals surface area contributed by atoms with Crippen LogP contribution in [-0.2, 0) is 16.0 Å². The quantitative estimate of drug-likeness (QED) is 0.681. The number of hydrogen-bond acceptors (Lipinski definition) is 7. The van der Waals surface area contributed by atoms with Crippen molar-refractivity contribution in [2.24, 2.45) is 5.92 Å². The van der Waals surface area contributed by atoms with E-state index >= 15 is 0 Å². The summed E-state index contributed by atoms with van der Waals surface area (Å²) in [6, 6.07) is 0. The molecule has 0 aliphatic carbocycles. The first kappa shape index (κ1) is 14.2. The van der Waals surface area contributed by atoms with E-state index in [0.29, 0.717) is 31.0 Å². The van der Waals surface area contributed by atoms with Gasteiger partial charge < -0.3 is 15.3 Å². The van der Waals surface area contributed by atoms with Gasteiger partial charge in [0.05, 0.1) is 19.3 Å². The number of hydrogen-bond donors (Lipinski definition) is 3. The first-order valence-electron chi connectivity index (χ1n) is 6.91. The first-order chi connectivity index (χ1) is 10.1. The third-order valence-corrected chi connectivity index (χ3v) is 3.95. The van der Waals surface area contributed by atoms with Crippen LogP contribution in [0.4, 0.5) is 5.82 Å². The smallest absolute Gasteiger partial charge is 0.351 e. The van der Waals surface area contributed by atoms with E-state index in [1.807, 2.05) is 0 Å². The maximum atomic E-state index is 12.1. The van der Waals surface area contributed by atoms with Gasteiger partial charge in [-0.1, -0.05) is 0 Å². The minimum Gasteiger partial charge on any atom is -0.394 e. The fraction of sp³-hybridized carbons (Fsp3) is 0.615. The summed E-state index contributed by atoms with van der Waals surface area (Å²) in [5, 5.41) is 17.1. The summed E-state index contributed by atoms with van der Waals surface area (Å²) in [6.07, 6.45) is 1.93. The van der Waals surface area contributed by atoms with Crippen molar-refractivity contribution in [3.05, 3.63) is 22.2 Å². The molecule has 0 spiro atoms. The lowest BCUT2D eigenvalue weighted by Crippen LogP contribution is -2.31. The van der Waals surface area contributed by atoms with Crippen molar-refractivity contribution in [1.29, 1.82) is 5.41 Å². The molecule has 3 heterocycles. The minimum atomic E-state index is -0.499. The van der Waals surface area contributed by atoms with E-state index in [0.717, 1.165) is 5.56 Å². The van der Waals surface area contributed by atoms with Crippen molar-refractivity contribution in [2.45, 2.75) is 32.1 Å². The van der Waals surface area contributed by atoms with Gasteiger partial charge in [-0.05, 0) is 6.92 Å². The molecule has 3 N–H and O–H groups in total. The monoisotopic (exact) mass is 294 g/mol. The van der Waals surface area contributed by atoms with Gasteiger partial charge >= 0.3 is 5.69 Å². The molecule has 1 aromatic rings. The molecular formula is C13H18N4O4. The van der Waals surface area contributed by atoms with Crippen LogP contribution in [0.3, 0.4) is 0 Å². The van der Waals surface area contributed by atoms with Crippen LogP contribution in [0.5, 0.6) is 0 Å². The highest BCUT2D eigenvalue weighted by atomic mass is 16.6. The lowest BCUT2D eigenvalue weighted by molar-refractivity contribution is -0.0285. The van der Waals surface area contributed by atoms with Gasteiger partial charge in [0.2, 0.25) is 0 Å². The molecule has 114 valence electrons. The van der Waals surface area contributed by atoms with Crippen LogP contribution in [0.15, 0.2) is 11.0 Å². The molecule has 0 aromatic carbocycles. The Morgan fingerprint density at radius 2 is 2.48 bits per heavy atom. The van der Waals surface area contributed by atoms with E-state index in [9.17, 15) is 9.90 Å². The lowest BCUT2D eigenvalue weighted by atomic mass is 9.96. The van der Waals surface area contributed by atoms with Gasteiger partial charge in [0, 0.05) is 36.2 Å². The van der Waals surface area contributed by atoms with Crippen LogP contribution >= 0.6 is 0 Å². The molecule has 0 bridgehead atoms. The zero-order valence-electron chi connectivity index (χ0n) is 11.7. The number of anilines is 1. The Morgan fingerprint density at radius 3 is 3.14 bits per heavy atom. The Balaban J connectivity index is 1.91. The molecule has 0 unspecified atom stereocenters. The number of nitrogens with one attached hydrogen (secondary N) is 2. The number of fused-ring (bicyclic) bond motifs is 1. The third kappa shape index (κ3) is 2.57. The first-order valence-corrected chi connectivity index (χ1v) is 6.91. The van der Waals surface area contributed by atoms with Crippen LogP contribution in [0.1, 0.15) is 25.1 Å². The molecule has 8 nitrogen and oxygen atoms in total. The fourth-order valence-corrected chi connectivity index (χ4v) is 2.79. The van der Waals surface area contributed by atoms with Gasteiger partial charge in [-0.3, -0.25) is 9.40 Å².